The fourth-order valence-corrected chi connectivity index (χ4v) is 1.12. The molecule has 0 unspecified atom stereocenters. The van der Waals surface area contributed by atoms with Crippen LogP contribution < -0.4 is 0 Å². The van der Waals surface area contributed by atoms with Crippen LogP contribution in [0.3, 0.4) is 0 Å². The summed E-state index contributed by atoms with van der Waals surface area (Å²) in [5.74, 6) is -0.00412. The molecular weight excluding hydrogens is 178 g/mol. The molecule has 0 fully saturated rings. The Hall–Kier alpha value is -1.04. The van der Waals surface area contributed by atoms with Crippen LogP contribution in [0.5, 0.6) is 0 Å². The Labute approximate surface area is 73.9 Å². The van der Waals surface area contributed by atoms with Crippen molar-refractivity contribution in [3.05, 3.63) is 6.33 Å². The first-order chi connectivity index (χ1) is 5.83. The van der Waals surface area contributed by atoms with Gasteiger partial charge in [-0.3, -0.25) is 9.89 Å². The highest BCUT2D eigenvalue weighted by atomic mass is 32.2. The van der Waals surface area contributed by atoms with Gasteiger partial charge in [0.2, 0.25) is 6.33 Å². The number of aromatic nitrogens is 3. The molecule has 1 rings (SSSR count). The summed E-state index contributed by atoms with van der Waals surface area (Å²) in [4.78, 5) is 14.5. The smallest absolute Gasteiger partial charge is 0.316 e. The van der Waals surface area contributed by atoms with E-state index in [9.17, 15) is 4.79 Å². The van der Waals surface area contributed by atoms with Crippen molar-refractivity contribution in [2.24, 2.45) is 0 Å². The lowest BCUT2D eigenvalue weighted by Crippen LogP contribution is -2.06. The number of ether oxygens (including phenoxy) is 1. The topological polar surface area (TPSA) is 67.9 Å². The number of rotatable bonds is 4. The summed E-state index contributed by atoms with van der Waals surface area (Å²) < 4.78 is 4.71. The largest absolute Gasteiger partial charge is 0.465 e. The molecule has 1 N–H and O–H groups in total. The van der Waals surface area contributed by atoms with E-state index < -0.39 is 0 Å². The lowest BCUT2D eigenvalue weighted by atomic mass is 10.8. The van der Waals surface area contributed by atoms with Crippen molar-refractivity contribution >= 4 is 17.7 Å². The van der Waals surface area contributed by atoms with Gasteiger partial charge in [-0.05, 0) is 6.92 Å². The van der Waals surface area contributed by atoms with E-state index in [-0.39, 0.29) is 11.7 Å². The van der Waals surface area contributed by atoms with Crippen LogP contribution >= 0.6 is 11.8 Å². The van der Waals surface area contributed by atoms with Gasteiger partial charge in [0.25, 0.3) is 0 Å². The van der Waals surface area contributed by atoms with Gasteiger partial charge in [-0.2, -0.15) is 4.98 Å². The molecule has 0 atom stereocenters. The second-order valence-electron chi connectivity index (χ2n) is 1.83. The molecule has 0 aromatic carbocycles. The molecule has 5 nitrogen and oxygen atoms in total. The van der Waals surface area contributed by atoms with E-state index >= 15 is 0 Å². The molecule has 12 heavy (non-hydrogen) atoms. The SMILES string of the molecule is CCOC(=O)CSc1n[c]n[nH]1. The predicted octanol–water partition coefficient (Wildman–Crippen LogP) is 0.260. The zero-order valence-electron chi connectivity index (χ0n) is 6.53. The minimum atomic E-state index is -0.251. The molecular formula is C6H8N3O2S. The van der Waals surface area contributed by atoms with Crippen LogP contribution in [0.4, 0.5) is 0 Å². The number of aromatic amines is 1. The summed E-state index contributed by atoms with van der Waals surface area (Å²) in [6, 6.07) is 0. The van der Waals surface area contributed by atoms with Crippen LogP contribution in [-0.4, -0.2) is 33.5 Å². The van der Waals surface area contributed by atoms with Gasteiger partial charge in [0, 0.05) is 0 Å². The Morgan fingerprint density at radius 1 is 1.83 bits per heavy atom. The van der Waals surface area contributed by atoms with Crippen molar-refractivity contribution in [2.75, 3.05) is 12.4 Å². The summed E-state index contributed by atoms with van der Waals surface area (Å²) in [6.07, 6.45) is 2.36. The van der Waals surface area contributed by atoms with Gasteiger partial charge in [0.15, 0.2) is 5.16 Å². The molecule has 65 valence electrons. The molecule has 0 aliphatic carbocycles. The lowest BCUT2D eigenvalue weighted by molar-refractivity contribution is -0.139. The summed E-state index contributed by atoms with van der Waals surface area (Å²) in [6.45, 7) is 2.17. The second-order valence-corrected chi connectivity index (χ2v) is 2.80. The third-order valence-corrected chi connectivity index (χ3v) is 1.82. The first-order valence-electron chi connectivity index (χ1n) is 3.39. The third kappa shape index (κ3) is 2.91. The first-order valence-corrected chi connectivity index (χ1v) is 4.38. The van der Waals surface area contributed by atoms with Crippen LogP contribution in [0.1, 0.15) is 6.92 Å². The van der Waals surface area contributed by atoms with E-state index in [1.54, 1.807) is 6.92 Å². The molecule has 0 amide bonds. The van der Waals surface area contributed by atoms with Crippen LogP contribution in [0.2, 0.25) is 0 Å². The maximum atomic E-state index is 10.8. The Bertz CT molecular complexity index is 237. The Balaban J connectivity index is 2.22. The molecule has 0 saturated carbocycles. The van der Waals surface area contributed by atoms with Gasteiger partial charge >= 0.3 is 5.97 Å². The van der Waals surface area contributed by atoms with Crippen LogP contribution in [0.25, 0.3) is 0 Å². The number of carbonyl (C=O) groups excluding carboxylic acids is 1. The van der Waals surface area contributed by atoms with Gasteiger partial charge in [-0.25, -0.2) is 0 Å². The van der Waals surface area contributed by atoms with E-state index in [0.29, 0.717) is 11.8 Å². The molecule has 6 heteroatoms. The Kier molecular flexibility index (Phi) is 3.59. The van der Waals surface area contributed by atoms with Crippen molar-refractivity contribution in [3.63, 3.8) is 0 Å². The molecule has 1 radical (unpaired) electrons. The highest BCUT2D eigenvalue weighted by molar-refractivity contribution is 7.99. The normalized spacial score (nSPS) is 9.75. The van der Waals surface area contributed by atoms with Gasteiger partial charge in [-0.1, -0.05) is 11.8 Å². The second kappa shape index (κ2) is 4.76. The quantitative estimate of drug-likeness (QED) is 0.539. The van der Waals surface area contributed by atoms with E-state index in [1.807, 2.05) is 0 Å². The van der Waals surface area contributed by atoms with Crippen molar-refractivity contribution in [1.82, 2.24) is 15.2 Å². The molecule has 1 heterocycles. The lowest BCUT2D eigenvalue weighted by Gasteiger charge is -1.98. The predicted molar refractivity (Wildman–Crippen MR) is 42.6 cm³/mol. The van der Waals surface area contributed by atoms with Crippen molar-refractivity contribution in [1.29, 1.82) is 0 Å². The van der Waals surface area contributed by atoms with E-state index in [1.165, 1.54) is 11.8 Å². The van der Waals surface area contributed by atoms with Crippen LogP contribution in [0.15, 0.2) is 5.16 Å². The standard InChI is InChI=1S/C6H8N3O2S/c1-2-11-5(10)3-12-6-7-4-8-9-6/h2-3H2,1H3,(H,7,8,9). The molecule has 1 aromatic heterocycles. The van der Waals surface area contributed by atoms with E-state index in [2.05, 4.69) is 21.5 Å². The number of hydrogen-bond acceptors (Lipinski definition) is 5. The number of H-pyrrole nitrogens is 1. The molecule has 0 bridgehead atoms. The van der Waals surface area contributed by atoms with Gasteiger partial charge < -0.3 is 4.74 Å². The Morgan fingerprint density at radius 2 is 2.67 bits per heavy atom. The monoisotopic (exact) mass is 186 g/mol. The van der Waals surface area contributed by atoms with Gasteiger partial charge in [-0.15, -0.1) is 5.10 Å². The van der Waals surface area contributed by atoms with E-state index in [4.69, 9.17) is 4.74 Å². The molecule has 0 aliphatic rings. The number of hydrogen-bond donors (Lipinski definition) is 1. The first kappa shape index (κ1) is 9.05. The summed E-state index contributed by atoms with van der Waals surface area (Å²) in [5, 5.41) is 6.66. The van der Waals surface area contributed by atoms with Crippen LogP contribution in [-0.2, 0) is 9.53 Å². The van der Waals surface area contributed by atoms with Gasteiger partial charge in [0.1, 0.15) is 0 Å². The maximum Gasteiger partial charge on any atom is 0.316 e. The zero-order valence-corrected chi connectivity index (χ0v) is 7.35. The number of nitrogens with one attached hydrogen (secondary N) is 1. The summed E-state index contributed by atoms with van der Waals surface area (Å²) in [7, 11) is 0. The third-order valence-electron chi connectivity index (χ3n) is 0.985. The molecule has 0 aliphatic heterocycles. The average Bonchev–Trinajstić information content (AvgIpc) is 2.53. The number of carbonyl (C=O) groups is 1. The molecule has 0 spiro atoms. The fraction of sp³-hybridized carbons (Fsp3) is 0.500. The minimum Gasteiger partial charge on any atom is -0.465 e. The molecule has 1 aromatic rings. The van der Waals surface area contributed by atoms with Crippen molar-refractivity contribution < 1.29 is 9.53 Å². The van der Waals surface area contributed by atoms with Crippen molar-refractivity contribution in [2.45, 2.75) is 12.1 Å². The highest BCUT2D eigenvalue weighted by Crippen LogP contribution is 2.09. The number of thioether (sulfide) groups is 1. The zero-order chi connectivity index (χ0) is 8.81. The highest BCUT2D eigenvalue weighted by Gasteiger charge is 2.04. The van der Waals surface area contributed by atoms with Crippen LogP contribution in [0, 0.1) is 6.33 Å². The Morgan fingerprint density at radius 3 is 3.25 bits per heavy atom. The minimum absolute atomic E-state index is 0.247. The van der Waals surface area contributed by atoms with Gasteiger partial charge in [0.05, 0.1) is 12.4 Å². The fourth-order valence-electron chi connectivity index (χ4n) is 0.563. The summed E-state index contributed by atoms with van der Waals surface area (Å²) in [5.41, 5.74) is 0. The summed E-state index contributed by atoms with van der Waals surface area (Å²) >= 11 is 1.24. The average molecular weight is 186 g/mol. The van der Waals surface area contributed by atoms with Crippen molar-refractivity contribution in [3.8, 4) is 0 Å². The maximum absolute atomic E-state index is 10.8. The molecule has 0 saturated heterocycles. The van der Waals surface area contributed by atoms with E-state index in [0.717, 1.165) is 0 Å². The number of esters is 1. The number of nitrogens with zero attached hydrogens (tertiary/aromatic N) is 2.